The molecule has 0 unspecified atom stereocenters. The predicted molar refractivity (Wildman–Crippen MR) is 121 cm³/mol. The van der Waals surface area contributed by atoms with Crippen molar-refractivity contribution in [2.45, 2.75) is 17.8 Å². The minimum Gasteiger partial charge on any atom is -0.478 e. The number of aryl methyl sites for hydroxylation is 1. The molecule has 3 aromatic carbocycles. The zero-order valence-corrected chi connectivity index (χ0v) is 17.8. The van der Waals surface area contributed by atoms with Gasteiger partial charge in [0.2, 0.25) is 0 Å². The number of nitro groups is 1. The maximum Gasteiger partial charge on any atom is 0.335 e. The number of para-hydroxylation sites is 2. The van der Waals surface area contributed by atoms with Crippen molar-refractivity contribution >= 4 is 23.4 Å². The number of carbonyl (C=O) groups is 1. The van der Waals surface area contributed by atoms with Gasteiger partial charge in [-0.15, -0.1) is 10.2 Å². The first-order valence-electron chi connectivity index (χ1n) is 9.66. The molecule has 0 amide bonds. The number of thioether (sulfide) groups is 1. The highest BCUT2D eigenvalue weighted by molar-refractivity contribution is 7.98. The molecule has 0 spiro atoms. The van der Waals surface area contributed by atoms with Gasteiger partial charge in [-0.05, 0) is 42.3 Å². The normalized spacial score (nSPS) is 10.8. The quantitative estimate of drug-likeness (QED) is 0.238. The zero-order chi connectivity index (χ0) is 22.7. The third-order valence-corrected chi connectivity index (χ3v) is 5.90. The Morgan fingerprint density at radius 1 is 1.03 bits per heavy atom. The Bertz CT molecular complexity index is 1300. The number of aromatic nitrogens is 3. The zero-order valence-electron chi connectivity index (χ0n) is 17.0. The van der Waals surface area contributed by atoms with Gasteiger partial charge in [-0.2, -0.15) is 0 Å². The van der Waals surface area contributed by atoms with Crippen LogP contribution in [0.25, 0.3) is 17.1 Å². The first-order chi connectivity index (χ1) is 15.5. The maximum absolute atomic E-state index is 11.6. The number of carboxylic acids is 1. The number of hydrogen-bond donors (Lipinski definition) is 1. The van der Waals surface area contributed by atoms with E-state index in [4.69, 9.17) is 5.11 Å². The fourth-order valence-corrected chi connectivity index (χ4v) is 4.18. The molecular formula is C23H18N4O4S. The molecule has 160 valence electrons. The van der Waals surface area contributed by atoms with Gasteiger partial charge in [-0.3, -0.25) is 14.7 Å². The average molecular weight is 446 g/mol. The van der Waals surface area contributed by atoms with Gasteiger partial charge in [0.25, 0.3) is 5.69 Å². The van der Waals surface area contributed by atoms with Crippen LogP contribution in [0.15, 0.2) is 78.0 Å². The van der Waals surface area contributed by atoms with E-state index in [1.807, 2.05) is 35.8 Å². The van der Waals surface area contributed by atoms with Crippen LogP contribution in [0.2, 0.25) is 0 Å². The predicted octanol–water partition coefficient (Wildman–Crippen LogP) is 5.14. The van der Waals surface area contributed by atoms with Crippen molar-refractivity contribution in [3.05, 3.63) is 99.6 Å². The summed E-state index contributed by atoms with van der Waals surface area (Å²) in [6.07, 6.45) is 0. The second kappa shape index (κ2) is 9.03. The lowest BCUT2D eigenvalue weighted by molar-refractivity contribution is -0.384. The van der Waals surface area contributed by atoms with Crippen molar-refractivity contribution in [1.29, 1.82) is 0 Å². The molecule has 0 aliphatic heterocycles. The summed E-state index contributed by atoms with van der Waals surface area (Å²) in [7, 11) is 0. The molecule has 0 aliphatic carbocycles. The first kappa shape index (κ1) is 21.3. The van der Waals surface area contributed by atoms with E-state index < -0.39 is 10.9 Å². The molecule has 0 saturated heterocycles. The Morgan fingerprint density at radius 2 is 1.72 bits per heavy atom. The number of benzene rings is 3. The highest BCUT2D eigenvalue weighted by Crippen LogP contribution is 2.34. The standard InChI is InChI=1S/C23H18N4O4S/c1-15-6-2-4-8-19(15)26-21(18-7-3-5-9-20(18)27(30)31)24-25-23(26)32-14-16-10-12-17(13-11-16)22(28)29/h2-13H,14H2,1H3,(H,28,29). The van der Waals surface area contributed by atoms with Crippen LogP contribution in [-0.2, 0) is 5.75 Å². The second-order valence-corrected chi connectivity index (χ2v) is 7.94. The number of aromatic carboxylic acids is 1. The molecule has 9 heteroatoms. The molecular weight excluding hydrogens is 428 g/mol. The number of nitro benzene ring substituents is 1. The summed E-state index contributed by atoms with van der Waals surface area (Å²) in [5.41, 5.74) is 3.28. The molecule has 0 saturated carbocycles. The van der Waals surface area contributed by atoms with Gasteiger partial charge < -0.3 is 5.11 Å². The molecule has 1 aromatic heterocycles. The minimum atomic E-state index is -0.974. The van der Waals surface area contributed by atoms with Crippen LogP contribution >= 0.6 is 11.8 Å². The summed E-state index contributed by atoms with van der Waals surface area (Å²) in [6.45, 7) is 1.96. The number of carboxylic acid groups (broad SMARTS) is 1. The number of hydrogen-bond acceptors (Lipinski definition) is 6. The van der Waals surface area contributed by atoms with Gasteiger partial charge in [0.15, 0.2) is 11.0 Å². The molecule has 0 bridgehead atoms. The van der Waals surface area contributed by atoms with Gasteiger partial charge in [0, 0.05) is 11.8 Å². The van der Waals surface area contributed by atoms with Gasteiger partial charge in [-0.25, -0.2) is 4.79 Å². The monoisotopic (exact) mass is 446 g/mol. The number of rotatable bonds is 7. The van der Waals surface area contributed by atoms with Crippen LogP contribution < -0.4 is 0 Å². The van der Waals surface area contributed by atoms with Crippen LogP contribution in [0.5, 0.6) is 0 Å². The van der Waals surface area contributed by atoms with Crippen molar-refractivity contribution < 1.29 is 14.8 Å². The molecule has 4 aromatic rings. The summed E-state index contributed by atoms with van der Waals surface area (Å²) in [6, 6.07) is 20.8. The number of nitrogens with zero attached hydrogens (tertiary/aromatic N) is 4. The van der Waals surface area contributed by atoms with Crippen molar-refractivity contribution in [1.82, 2.24) is 14.8 Å². The Kier molecular flexibility index (Phi) is 6.00. The molecule has 1 N–H and O–H groups in total. The molecule has 32 heavy (non-hydrogen) atoms. The second-order valence-electron chi connectivity index (χ2n) is 6.99. The lowest BCUT2D eigenvalue weighted by Crippen LogP contribution is -2.03. The molecule has 1 heterocycles. The topological polar surface area (TPSA) is 111 Å². The SMILES string of the molecule is Cc1ccccc1-n1c(SCc2ccc(C(=O)O)cc2)nnc1-c1ccccc1[N+](=O)[O-]. The van der Waals surface area contributed by atoms with Crippen LogP contribution in [0.1, 0.15) is 21.5 Å². The van der Waals surface area contributed by atoms with Crippen LogP contribution in [0.3, 0.4) is 0 Å². The largest absolute Gasteiger partial charge is 0.478 e. The molecule has 0 fully saturated rings. The fraction of sp³-hybridized carbons (Fsp3) is 0.0870. The molecule has 8 nitrogen and oxygen atoms in total. The van der Waals surface area contributed by atoms with E-state index in [1.54, 1.807) is 42.5 Å². The molecule has 0 aliphatic rings. The average Bonchev–Trinajstić information content (AvgIpc) is 3.21. The van der Waals surface area contributed by atoms with E-state index in [0.717, 1.165) is 16.8 Å². The van der Waals surface area contributed by atoms with Gasteiger partial charge in [-0.1, -0.05) is 54.2 Å². The summed E-state index contributed by atoms with van der Waals surface area (Å²) >= 11 is 1.42. The van der Waals surface area contributed by atoms with E-state index in [2.05, 4.69) is 10.2 Å². The summed E-state index contributed by atoms with van der Waals surface area (Å²) < 4.78 is 1.83. The minimum absolute atomic E-state index is 0.0458. The summed E-state index contributed by atoms with van der Waals surface area (Å²) in [5, 5.41) is 29.9. The van der Waals surface area contributed by atoms with Crippen molar-refractivity contribution in [3.63, 3.8) is 0 Å². The first-order valence-corrected chi connectivity index (χ1v) is 10.6. The third kappa shape index (κ3) is 4.23. The van der Waals surface area contributed by atoms with Crippen LogP contribution in [0.4, 0.5) is 5.69 Å². The molecule has 0 atom stereocenters. The third-order valence-electron chi connectivity index (χ3n) is 4.90. The van der Waals surface area contributed by atoms with Crippen LogP contribution in [-0.4, -0.2) is 30.8 Å². The maximum atomic E-state index is 11.6. The molecule has 0 radical (unpaired) electrons. The lowest BCUT2D eigenvalue weighted by atomic mass is 10.1. The van der Waals surface area contributed by atoms with E-state index >= 15 is 0 Å². The van der Waals surface area contributed by atoms with Gasteiger partial charge in [0.1, 0.15) is 0 Å². The van der Waals surface area contributed by atoms with Crippen molar-refractivity contribution in [3.8, 4) is 17.1 Å². The Balaban J connectivity index is 1.76. The van der Waals surface area contributed by atoms with Crippen molar-refractivity contribution in [2.75, 3.05) is 0 Å². The van der Waals surface area contributed by atoms with Crippen molar-refractivity contribution in [2.24, 2.45) is 0 Å². The lowest BCUT2D eigenvalue weighted by Gasteiger charge is -2.13. The van der Waals surface area contributed by atoms with Crippen LogP contribution in [0, 0.1) is 17.0 Å². The summed E-state index contributed by atoms with van der Waals surface area (Å²) in [5.74, 6) is -0.0613. The smallest absolute Gasteiger partial charge is 0.335 e. The fourth-order valence-electron chi connectivity index (χ4n) is 3.28. The highest BCUT2D eigenvalue weighted by Gasteiger charge is 2.23. The Hall–Kier alpha value is -3.98. The highest BCUT2D eigenvalue weighted by atomic mass is 32.2. The summed E-state index contributed by atoms with van der Waals surface area (Å²) in [4.78, 5) is 22.2. The van der Waals surface area contributed by atoms with E-state index in [-0.39, 0.29) is 11.3 Å². The Morgan fingerprint density at radius 3 is 2.41 bits per heavy atom. The Labute approximate surface area is 187 Å². The van der Waals surface area contributed by atoms with E-state index in [0.29, 0.717) is 22.3 Å². The van der Waals surface area contributed by atoms with Gasteiger partial charge in [0.05, 0.1) is 21.7 Å². The van der Waals surface area contributed by atoms with E-state index in [9.17, 15) is 14.9 Å². The van der Waals surface area contributed by atoms with Gasteiger partial charge >= 0.3 is 5.97 Å². The molecule has 4 rings (SSSR count). The van der Waals surface area contributed by atoms with E-state index in [1.165, 1.54) is 17.8 Å².